The van der Waals surface area contributed by atoms with E-state index in [1.165, 1.54) is 10.7 Å². The van der Waals surface area contributed by atoms with Gasteiger partial charge in [-0.3, -0.25) is 0 Å². The molecular formula is C10H13N3. The molecule has 1 aliphatic heterocycles. The molecule has 1 aliphatic rings. The molecule has 0 radical (unpaired) electrons. The Bertz CT molecular complexity index is 295. The van der Waals surface area contributed by atoms with Gasteiger partial charge in [-0.05, 0) is 5.56 Å². The standard InChI is InChI=1S/C10H13N3/c1-8-7-12-13(11)10(8)9-5-3-2-4-6-9/h2-8,10H,11H2,1H3. The largest absolute Gasteiger partial charge is 0.231 e. The zero-order chi connectivity index (χ0) is 9.26. The van der Waals surface area contributed by atoms with Crippen LogP contribution >= 0.6 is 0 Å². The quantitative estimate of drug-likeness (QED) is 0.658. The average Bonchev–Trinajstić information content (AvgIpc) is 2.48. The van der Waals surface area contributed by atoms with Gasteiger partial charge < -0.3 is 0 Å². The van der Waals surface area contributed by atoms with E-state index in [1.54, 1.807) is 0 Å². The van der Waals surface area contributed by atoms with Crippen LogP contribution in [0, 0.1) is 5.92 Å². The molecule has 1 aromatic rings. The molecule has 2 unspecified atom stereocenters. The lowest BCUT2D eigenvalue weighted by atomic mass is 9.97. The van der Waals surface area contributed by atoms with E-state index in [2.05, 4.69) is 24.2 Å². The third-order valence-electron chi connectivity index (χ3n) is 2.36. The van der Waals surface area contributed by atoms with Crippen molar-refractivity contribution in [3.8, 4) is 0 Å². The van der Waals surface area contributed by atoms with Gasteiger partial charge in [-0.15, -0.1) is 0 Å². The summed E-state index contributed by atoms with van der Waals surface area (Å²) in [6.07, 6.45) is 1.89. The molecule has 0 bridgehead atoms. The fourth-order valence-electron chi connectivity index (χ4n) is 1.68. The minimum absolute atomic E-state index is 0.196. The summed E-state index contributed by atoms with van der Waals surface area (Å²) in [6.45, 7) is 2.12. The minimum atomic E-state index is 0.196. The van der Waals surface area contributed by atoms with Crippen LogP contribution in [-0.4, -0.2) is 11.3 Å². The molecule has 0 aliphatic carbocycles. The van der Waals surface area contributed by atoms with Crippen LogP contribution in [0.2, 0.25) is 0 Å². The first-order valence-electron chi connectivity index (χ1n) is 4.42. The van der Waals surface area contributed by atoms with Gasteiger partial charge in [0, 0.05) is 12.1 Å². The Balaban J connectivity index is 2.27. The predicted octanol–water partition coefficient (Wildman–Crippen LogP) is 1.54. The smallest absolute Gasteiger partial charge is 0.0964 e. The van der Waals surface area contributed by atoms with Crippen molar-refractivity contribution in [3.63, 3.8) is 0 Å². The lowest BCUT2D eigenvalue weighted by Gasteiger charge is -2.21. The van der Waals surface area contributed by atoms with Crippen LogP contribution in [0.15, 0.2) is 35.4 Å². The highest BCUT2D eigenvalue weighted by Crippen LogP contribution is 2.29. The average molecular weight is 175 g/mol. The number of hydrazone groups is 1. The van der Waals surface area contributed by atoms with Gasteiger partial charge in [-0.1, -0.05) is 37.3 Å². The molecule has 3 nitrogen and oxygen atoms in total. The fourth-order valence-corrected chi connectivity index (χ4v) is 1.68. The van der Waals surface area contributed by atoms with Crippen molar-refractivity contribution < 1.29 is 0 Å². The zero-order valence-electron chi connectivity index (χ0n) is 7.59. The van der Waals surface area contributed by atoms with Crippen LogP contribution in [0.4, 0.5) is 0 Å². The summed E-state index contributed by atoms with van der Waals surface area (Å²) in [7, 11) is 0. The Kier molecular flexibility index (Phi) is 2.02. The molecular weight excluding hydrogens is 162 g/mol. The summed E-state index contributed by atoms with van der Waals surface area (Å²) in [6, 6.07) is 10.4. The maximum absolute atomic E-state index is 5.74. The van der Waals surface area contributed by atoms with Crippen molar-refractivity contribution in [2.75, 3.05) is 0 Å². The highest BCUT2D eigenvalue weighted by molar-refractivity contribution is 5.63. The van der Waals surface area contributed by atoms with Gasteiger partial charge >= 0.3 is 0 Å². The summed E-state index contributed by atoms with van der Waals surface area (Å²) in [5.74, 6) is 6.12. The molecule has 1 heterocycles. The van der Waals surface area contributed by atoms with Gasteiger partial charge in [0.1, 0.15) is 0 Å². The number of nitrogens with zero attached hydrogens (tertiary/aromatic N) is 2. The Labute approximate surface area is 77.8 Å². The number of nitrogens with two attached hydrogens (primary N) is 1. The van der Waals surface area contributed by atoms with Crippen LogP contribution in [0.1, 0.15) is 18.5 Å². The van der Waals surface area contributed by atoms with Crippen LogP contribution in [0.5, 0.6) is 0 Å². The number of hydrogen-bond donors (Lipinski definition) is 1. The number of hydrogen-bond acceptors (Lipinski definition) is 3. The second-order valence-corrected chi connectivity index (χ2v) is 3.36. The summed E-state index contributed by atoms with van der Waals surface area (Å²) in [5, 5.41) is 5.59. The van der Waals surface area contributed by atoms with E-state index in [1.807, 2.05) is 24.4 Å². The normalized spacial score (nSPS) is 26.8. The summed E-state index contributed by atoms with van der Waals surface area (Å²) < 4.78 is 0. The van der Waals surface area contributed by atoms with Gasteiger partial charge in [0.15, 0.2) is 0 Å². The second-order valence-electron chi connectivity index (χ2n) is 3.36. The molecule has 2 rings (SSSR count). The van der Waals surface area contributed by atoms with Gasteiger partial charge in [0.05, 0.1) is 6.04 Å². The van der Waals surface area contributed by atoms with Crippen molar-refractivity contribution in [2.24, 2.45) is 16.9 Å². The molecule has 1 aromatic carbocycles. The first-order chi connectivity index (χ1) is 6.29. The Morgan fingerprint density at radius 3 is 2.54 bits per heavy atom. The summed E-state index contributed by atoms with van der Waals surface area (Å²) in [4.78, 5) is 0. The second kappa shape index (κ2) is 3.18. The highest BCUT2D eigenvalue weighted by Gasteiger charge is 2.26. The van der Waals surface area contributed by atoms with Crippen molar-refractivity contribution in [3.05, 3.63) is 35.9 Å². The maximum Gasteiger partial charge on any atom is 0.0964 e. The van der Waals surface area contributed by atoms with Gasteiger partial charge in [-0.2, -0.15) is 5.10 Å². The van der Waals surface area contributed by atoms with Crippen LogP contribution in [0.25, 0.3) is 0 Å². The first-order valence-corrected chi connectivity index (χ1v) is 4.42. The third kappa shape index (κ3) is 1.42. The van der Waals surface area contributed by atoms with E-state index in [9.17, 15) is 0 Å². The number of rotatable bonds is 1. The SMILES string of the molecule is CC1C=NN(N)C1c1ccccc1. The van der Waals surface area contributed by atoms with E-state index in [-0.39, 0.29) is 6.04 Å². The van der Waals surface area contributed by atoms with Crippen LogP contribution in [-0.2, 0) is 0 Å². The molecule has 0 saturated heterocycles. The Morgan fingerprint density at radius 1 is 1.31 bits per heavy atom. The van der Waals surface area contributed by atoms with Gasteiger partial charge in [0.2, 0.25) is 0 Å². The van der Waals surface area contributed by atoms with Crippen molar-refractivity contribution in [1.82, 2.24) is 5.12 Å². The van der Waals surface area contributed by atoms with Crippen molar-refractivity contribution >= 4 is 6.21 Å². The van der Waals surface area contributed by atoms with Gasteiger partial charge in [0.25, 0.3) is 0 Å². The third-order valence-corrected chi connectivity index (χ3v) is 2.36. The maximum atomic E-state index is 5.74. The molecule has 2 N–H and O–H groups in total. The van der Waals surface area contributed by atoms with E-state index in [4.69, 9.17) is 5.84 Å². The van der Waals surface area contributed by atoms with E-state index in [0.29, 0.717) is 5.92 Å². The van der Waals surface area contributed by atoms with E-state index in [0.717, 1.165) is 0 Å². The Morgan fingerprint density at radius 2 is 2.00 bits per heavy atom. The summed E-state index contributed by atoms with van der Waals surface area (Å²) >= 11 is 0. The van der Waals surface area contributed by atoms with E-state index < -0.39 is 0 Å². The molecule has 0 amide bonds. The molecule has 2 atom stereocenters. The molecule has 0 saturated carbocycles. The minimum Gasteiger partial charge on any atom is -0.231 e. The first kappa shape index (κ1) is 8.26. The zero-order valence-corrected chi connectivity index (χ0v) is 7.59. The molecule has 3 heteroatoms. The Hall–Kier alpha value is -1.35. The highest BCUT2D eigenvalue weighted by atomic mass is 15.7. The molecule has 13 heavy (non-hydrogen) atoms. The number of hydrazine groups is 1. The fraction of sp³-hybridized carbons (Fsp3) is 0.300. The lowest BCUT2D eigenvalue weighted by molar-refractivity contribution is 0.213. The number of benzene rings is 1. The predicted molar refractivity (Wildman–Crippen MR) is 52.9 cm³/mol. The van der Waals surface area contributed by atoms with Crippen molar-refractivity contribution in [1.29, 1.82) is 0 Å². The van der Waals surface area contributed by atoms with E-state index >= 15 is 0 Å². The molecule has 68 valence electrons. The molecule has 0 spiro atoms. The molecule has 0 aromatic heterocycles. The monoisotopic (exact) mass is 175 g/mol. The van der Waals surface area contributed by atoms with Crippen LogP contribution < -0.4 is 5.84 Å². The van der Waals surface area contributed by atoms with Gasteiger partial charge in [-0.25, -0.2) is 11.0 Å². The molecule has 0 fully saturated rings. The van der Waals surface area contributed by atoms with Crippen LogP contribution in [0.3, 0.4) is 0 Å². The lowest BCUT2D eigenvalue weighted by Crippen LogP contribution is -2.29. The summed E-state index contributed by atoms with van der Waals surface area (Å²) in [5.41, 5.74) is 1.22. The van der Waals surface area contributed by atoms with Crippen molar-refractivity contribution in [2.45, 2.75) is 13.0 Å². The topological polar surface area (TPSA) is 41.6 Å².